The summed E-state index contributed by atoms with van der Waals surface area (Å²) in [5.41, 5.74) is 7.78. The number of aliphatic hydroxyl groups is 2. The number of rotatable bonds is 13. The molecule has 0 spiro atoms. The molecule has 0 bridgehead atoms. The summed E-state index contributed by atoms with van der Waals surface area (Å²) in [6, 6.07) is 7.17. The molecule has 2 aromatic heterocycles. The number of nitrogens with zero attached hydrogens (tertiary/aromatic N) is 3. The van der Waals surface area contributed by atoms with Gasteiger partial charge >= 0.3 is 0 Å². The first-order chi connectivity index (χ1) is 17.7. The number of benzene rings is 1. The summed E-state index contributed by atoms with van der Waals surface area (Å²) >= 11 is 0. The summed E-state index contributed by atoms with van der Waals surface area (Å²) < 4.78 is 22.2. The van der Waals surface area contributed by atoms with E-state index in [2.05, 4.69) is 24.0 Å². The average Bonchev–Trinajstić information content (AvgIpc) is 3.38. The third-order valence-electron chi connectivity index (χ3n) is 6.07. The van der Waals surface area contributed by atoms with Crippen molar-refractivity contribution in [2.75, 3.05) is 20.8 Å². The van der Waals surface area contributed by atoms with Crippen molar-refractivity contribution in [1.29, 1.82) is 0 Å². The maximum atomic E-state index is 11.0. The van der Waals surface area contributed by atoms with E-state index in [1.54, 1.807) is 32.2 Å². The number of amides is 1. The largest absolute Gasteiger partial charge is 0.497 e. The Morgan fingerprint density at radius 2 is 1.81 bits per heavy atom. The van der Waals surface area contributed by atoms with Crippen LogP contribution in [-0.4, -0.2) is 64.3 Å². The average molecular weight is 515 g/mol. The van der Waals surface area contributed by atoms with Crippen LogP contribution in [0.4, 0.5) is 0 Å². The molecule has 3 rings (SSSR count). The van der Waals surface area contributed by atoms with Crippen molar-refractivity contribution in [2.45, 2.75) is 58.2 Å². The van der Waals surface area contributed by atoms with Gasteiger partial charge in [0.2, 0.25) is 11.7 Å². The lowest BCUT2D eigenvalue weighted by atomic mass is 9.98. The van der Waals surface area contributed by atoms with Crippen LogP contribution < -0.4 is 19.9 Å². The van der Waals surface area contributed by atoms with Gasteiger partial charge in [0, 0.05) is 35.7 Å². The molecule has 0 saturated carbocycles. The van der Waals surface area contributed by atoms with Crippen LogP contribution in [0.2, 0.25) is 0 Å². The van der Waals surface area contributed by atoms with Crippen LogP contribution >= 0.6 is 0 Å². The Morgan fingerprint density at radius 3 is 2.43 bits per heavy atom. The van der Waals surface area contributed by atoms with E-state index in [0.29, 0.717) is 39.9 Å². The third kappa shape index (κ3) is 6.75. The molecule has 2 heterocycles. The standard InChI is InChI=1S/C26H34N4O7/c1-6-15(7-2)19-11-18(34-4)12-20(28-19)26-29-25(30-37-26)16-8-14(3)23(22(9-16)35-5)36-13-17(31)10-21(32)24(27)33/h8-9,11-12,15,17,21,31-32H,6-7,10,13H2,1-5H3,(H2,27,33)/t17-,21?/m0/s1. The van der Waals surface area contributed by atoms with Gasteiger partial charge in [-0.2, -0.15) is 4.98 Å². The number of carbonyl (C=O) groups excluding carboxylic acids is 1. The SMILES string of the molecule is CCC(CC)c1cc(OC)cc(-c2nc(-c3cc(C)c(OC[C@@H](O)CC(O)C(N)=O)c(OC)c3)no2)n1. The van der Waals surface area contributed by atoms with Gasteiger partial charge in [0.15, 0.2) is 11.5 Å². The number of aliphatic hydroxyl groups excluding tert-OH is 2. The fraction of sp³-hybridized carbons (Fsp3) is 0.462. The predicted octanol–water partition coefficient (Wildman–Crippen LogP) is 3.00. The van der Waals surface area contributed by atoms with Crippen molar-refractivity contribution >= 4 is 5.91 Å². The highest BCUT2D eigenvalue weighted by molar-refractivity contribution is 5.78. The Labute approximate surface area is 215 Å². The number of primary amides is 1. The summed E-state index contributed by atoms with van der Waals surface area (Å²) in [6.07, 6.45) is -0.909. The van der Waals surface area contributed by atoms with E-state index < -0.39 is 18.1 Å². The van der Waals surface area contributed by atoms with Crippen molar-refractivity contribution in [3.63, 3.8) is 0 Å². The van der Waals surface area contributed by atoms with Gasteiger partial charge in [0.05, 0.1) is 20.3 Å². The highest BCUT2D eigenvalue weighted by Crippen LogP contribution is 2.36. The molecule has 1 amide bonds. The van der Waals surface area contributed by atoms with Crippen molar-refractivity contribution in [1.82, 2.24) is 15.1 Å². The maximum Gasteiger partial charge on any atom is 0.276 e. The number of aryl methyl sites for hydroxylation is 1. The van der Waals surface area contributed by atoms with Gasteiger partial charge in [0.1, 0.15) is 24.2 Å². The van der Waals surface area contributed by atoms with Crippen LogP contribution in [-0.2, 0) is 4.79 Å². The summed E-state index contributed by atoms with van der Waals surface area (Å²) in [6.45, 7) is 5.87. The first kappa shape index (κ1) is 27.9. The van der Waals surface area contributed by atoms with Crippen LogP contribution in [0.1, 0.15) is 50.3 Å². The minimum atomic E-state index is -1.46. The second kappa shape index (κ2) is 12.5. The van der Waals surface area contributed by atoms with Gasteiger partial charge in [-0.15, -0.1) is 0 Å². The van der Waals surface area contributed by atoms with Crippen LogP contribution in [0.3, 0.4) is 0 Å². The molecule has 11 heteroatoms. The number of methoxy groups -OCH3 is 2. The Balaban J connectivity index is 1.86. The fourth-order valence-corrected chi connectivity index (χ4v) is 3.94. The first-order valence-electron chi connectivity index (χ1n) is 12.1. The smallest absolute Gasteiger partial charge is 0.276 e. The zero-order chi connectivity index (χ0) is 27.1. The van der Waals surface area contributed by atoms with Gasteiger partial charge in [-0.05, 0) is 37.5 Å². The van der Waals surface area contributed by atoms with Crippen LogP contribution in [0, 0.1) is 6.92 Å². The summed E-state index contributed by atoms with van der Waals surface area (Å²) in [5.74, 6) is 1.42. The number of ether oxygens (including phenoxy) is 3. The normalized spacial score (nSPS) is 12.9. The van der Waals surface area contributed by atoms with Gasteiger partial charge in [0.25, 0.3) is 5.89 Å². The fourth-order valence-electron chi connectivity index (χ4n) is 3.94. The Morgan fingerprint density at radius 1 is 1.08 bits per heavy atom. The molecule has 1 aromatic carbocycles. The van der Waals surface area contributed by atoms with Gasteiger partial charge in [-0.3, -0.25) is 4.79 Å². The molecule has 0 radical (unpaired) electrons. The lowest BCUT2D eigenvalue weighted by Gasteiger charge is -2.18. The van der Waals surface area contributed by atoms with E-state index in [0.717, 1.165) is 18.5 Å². The van der Waals surface area contributed by atoms with E-state index >= 15 is 0 Å². The Hall–Kier alpha value is -3.70. The molecule has 0 fully saturated rings. The second-order valence-corrected chi connectivity index (χ2v) is 8.70. The lowest BCUT2D eigenvalue weighted by molar-refractivity contribution is -0.127. The number of carbonyl (C=O) groups is 1. The van der Waals surface area contributed by atoms with E-state index in [9.17, 15) is 15.0 Å². The molecule has 1 unspecified atom stereocenters. The van der Waals surface area contributed by atoms with Gasteiger partial charge in [-0.25, -0.2) is 4.98 Å². The van der Waals surface area contributed by atoms with E-state index in [1.165, 1.54) is 7.11 Å². The van der Waals surface area contributed by atoms with Crippen molar-refractivity contribution in [2.24, 2.45) is 5.73 Å². The highest BCUT2D eigenvalue weighted by Gasteiger charge is 2.21. The number of hydrogen-bond donors (Lipinski definition) is 3. The van der Waals surface area contributed by atoms with Crippen LogP contribution in [0.25, 0.3) is 23.0 Å². The number of nitrogens with two attached hydrogens (primary N) is 1. The molecule has 0 aliphatic rings. The highest BCUT2D eigenvalue weighted by atomic mass is 16.5. The molecule has 3 aromatic rings. The minimum absolute atomic E-state index is 0.173. The molecule has 2 atom stereocenters. The zero-order valence-electron chi connectivity index (χ0n) is 21.7. The summed E-state index contributed by atoms with van der Waals surface area (Å²) in [4.78, 5) is 20.3. The van der Waals surface area contributed by atoms with Crippen molar-refractivity contribution < 1.29 is 33.7 Å². The molecule has 11 nitrogen and oxygen atoms in total. The molecule has 37 heavy (non-hydrogen) atoms. The van der Waals surface area contributed by atoms with Crippen LogP contribution in [0.5, 0.6) is 17.2 Å². The van der Waals surface area contributed by atoms with E-state index in [-0.39, 0.29) is 24.8 Å². The van der Waals surface area contributed by atoms with Gasteiger partial charge in [-0.1, -0.05) is 19.0 Å². The molecule has 4 N–H and O–H groups in total. The minimum Gasteiger partial charge on any atom is -0.497 e. The van der Waals surface area contributed by atoms with Gasteiger partial charge < -0.3 is 34.7 Å². The van der Waals surface area contributed by atoms with Crippen LogP contribution in [0.15, 0.2) is 28.8 Å². The monoisotopic (exact) mass is 514 g/mol. The Bertz CT molecular complexity index is 1210. The number of hydrogen-bond acceptors (Lipinski definition) is 10. The molecule has 0 aliphatic heterocycles. The second-order valence-electron chi connectivity index (χ2n) is 8.70. The van der Waals surface area contributed by atoms with E-state index in [1.807, 2.05) is 6.07 Å². The molecule has 200 valence electrons. The lowest BCUT2D eigenvalue weighted by Crippen LogP contribution is -2.33. The van der Waals surface area contributed by atoms with Crippen molar-refractivity contribution in [3.05, 3.63) is 35.5 Å². The van der Waals surface area contributed by atoms with E-state index in [4.69, 9.17) is 29.5 Å². The third-order valence-corrected chi connectivity index (χ3v) is 6.07. The molecular weight excluding hydrogens is 480 g/mol. The first-order valence-corrected chi connectivity index (χ1v) is 12.1. The zero-order valence-corrected chi connectivity index (χ0v) is 21.7. The molecular formula is C26H34N4O7. The number of aromatic nitrogens is 3. The Kier molecular flexibility index (Phi) is 9.42. The summed E-state index contributed by atoms with van der Waals surface area (Å²) in [7, 11) is 3.09. The summed E-state index contributed by atoms with van der Waals surface area (Å²) in [5, 5.41) is 23.7. The quantitative estimate of drug-likeness (QED) is 0.309. The number of pyridine rings is 1. The maximum absolute atomic E-state index is 11.0. The van der Waals surface area contributed by atoms with Crippen molar-refractivity contribution in [3.8, 4) is 40.2 Å². The molecule has 0 saturated heterocycles. The topological polar surface area (TPSA) is 163 Å². The predicted molar refractivity (Wildman–Crippen MR) is 135 cm³/mol. The molecule has 0 aliphatic carbocycles.